The number of rotatable bonds is 2. The second-order valence-corrected chi connectivity index (χ2v) is 4.47. The molecule has 3 rings (SSSR count). The van der Waals surface area contributed by atoms with Crippen molar-refractivity contribution in [3.8, 4) is 0 Å². The van der Waals surface area contributed by atoms with Crippen molar-refractivity contribution in [2.45, 2.75) is 18.9 Å². The number of nitrogens with zero attached hydrogens (tertiary/aromatic N) is 5. The Labute approximate surface area is 103 Å². The van der Waals surface area contributed by atoms with Crippen LogP contribution in [0.4, 0.5) is 5.82 Å². The van der Waals surface area contributed by atoms with Gasteiger partial charge in [0.25, 0.3) is 0 Å². The average molecular weight is 246 g/mol. The molecular formula is C11H14N6O. The number of anilines is 1. The molecule has 2 aromatic heterocycles. The van der Waals surface area contributed by atoms with Gasteiger partial charge in [-0.1, -0.05) is 12.2 Å². The summed E-state index contributed by atoms with van der Waals surface area (Å²) in [5, 5.41) is 17.8. The molecule has 0 bridgehead atoms. The molecule has 0 unspecified atom stereocenters. The summed E-state index contributed by atoms with van der Waals surface area (Å²) < 4.78 is 0. The van der Waals surface area contributed by atoms with E-state index in [1.807, 2.05) is 0 Å². The van der Waals surface area contributed by atoms with Gasteiger partial charge in [0.1, 0.15) is 6.33 Å². The van der Waals surface area contributed by atoms with Crippen molar-refractivity contribution >= 4 is 17.0 Å². The summed E-state index contributed by atoms with van der Waals surface area (Å²) in [4.78, 5) is 9.53. The largest absolute Gasteiger partial charge is 0.396 e. The van der Waals surface area contributed by atoms with Crippen molar-refractivity contribution in [1.29, 1.82) is 0 Å². The molecular weight excluding hydrogens is 232 g/mol. The summed E-state index contributed by atoms with van der Waals surface area (Å²) in [6.45, 7) is 0.184. The predicted octanol–water partition coefficient (Wildman–Crippen LogP) is 0.303. The SMILES string of the molecule is Nc1ncnc2nn([C@@H]3C=CC[C@@H](CO)C3)nc12. The first-order valence-electron chi connectivity index (χ1n) is 5.88. The van der Waals surface area contributed by atoms with E-state index in [0.717, 1.165) is 12.8 Å². The van der Waals surface area contributed by atoms with E-state index < -0.39 is 0 Å². The van der Waals surface area contributed by atoms with E-state index in [1.165, 1.54) is 6.33 Å². The highest BCUT2D eigenvalue weighted by Gasteiger charge is 2.21. The van der Waals surface area contributed by atoms with Crippen LogP contribution in [0, 0.1) is 5.92 Å². The Morgan fingerprint density at radius 2 is 2.28 bits per heavy atom. The van der Waals surface area contributed by atoms with Crippen LogP contribution in [0.2, 0.25) is 0 Å². The number of nitrogen functional groups attached to an aromatic ring is 1. The molecule has 0 fully saturated rings. The van der Waals surface area contributed by atoms with Gasteiger partial charge in [0, 0.05) is 6.61 Å². The summed E-state index contributed by atoms with van der Waals surface area (Å²) >= 11 is 0. The first-order valence-corrected chi connectivity index (χ1v) is 5.88. The van der Waals surface area contributed by atoms with Gasteiger partial charge in [0.15, 0.2) is 11.3 Å². The van der Waals surface area contributed by atoms with Crippen molar-refractivity contribution in [3.05, 3.63) is 18.5 Å². The molecule has 94 valence electrons. The summed E-state index contributed by atoms with van der Waals surface area (Å²) in [6.07, 6.45) is 7.20. The maximum Gasteiger partial charge on any atom is 0.207 e. The highest BCUT2D eigenvalue weighted by atomic mass is 16.3. The fourth-order valence-electron chi connectivity index (χ4n) is 2.19. The fraction of sp³-hybridized carbons (Fsp3) is 0.455. The number of aliphatic hydroxyl groups excluding tert-OH is 1. The fourth-order valence-corrected chi connectivity index (χ4v) is 2.19. The monoisotopic (exact) mass is 246 g/mol. The number of aromatic nitrogens is 5. The standard InChI is InChI=1S/C11H14N6O/c12-10-9-11(14-6-13-10)16-17(15-9)8-3-1-2-7(4-8)5-18/h1,3,6-8,18H,2,4-5H2,(H2,12,13,14,16)/t7-,8-/m1/s1. The van der Waals surface area contributed by atoms with Gasteiger partial charge in [-0.25, -0.2) is 9.97 Å². The molecule has 0 radical (unpaired) electrons. The zero-order chi connectivity index (χ0) is 12.5. The third-order valence-electron chi connectivity index (χ3n) is 3.19. The molecule has 18 heavy (non-hydrogen) atoms. The molecule has 0 spiro atoms. The zero-order valence-corrected chi connectivity index (χ0v) is 9.77. The second kappa shape index (κ2) is 4.34. The van der Waals surface area contributed by atoms with E-state index in [4.69, 9.17) is 5.73 Å². The number of allylic oxidation sites excluding steroid dienone is 2. The summed E-state index contributed by atoms with van der Waals surface area (Å²) in [5.41, 5.74) is 6.75. The molecule has 7 heteroatoms. The Kier molecular flexibility index (Phi) is 2.67. The highest BCUT2D eigenvalue weighted by molar-refractivity contribution is 5.79. The maximum absolute atomic E-state index is 9.21. The number of nitrogens with two attached hydrogens (primary N) is 1. The molecule has 3 N–H and O–H groups in total. The van der Waals surface area contributed by atoms with Crippen LogP contribution in [-0.2, 0) is 0 Å². The summed E-state index contributed by atoms with van der Waals surface area (Å²) in [5.74, 6) is 0.599. The van der Waals surface area contributed by atoms with Gasteiger partial charge in [0.2, 0.25) is 5.65 Å². The van der Waals surface area contributed by atoms with Crippen molar-refractivity contribution in [1.82, 2.24) is 25.0 Å². The molecule has 0 amide bonds. The van der Waals surface area contributed by atoms with E-state index in [1.54, 1.807) is 4.80 Å². The molecule has 1 aliphatic rings. The minimum Gasteiger partial charge on any atom is -0.396 e. The Balaban J connectivity index is 1.97. The van der Waals surface area contributed by atoms with Gasteiger partial charge in [0.05, 0.1) is 6.04 Å². The van der Waals surface area contributed by atoms with Gasteiger partial charge in [-0.3, -0.25) is 0 Å². The molecule has 0 aliphatic heterocycles. The van der Waals surface area contributed by atoms with E-state index >= 15 is 0 Å². The van der Waals surface area contributed by atoms with Gasteiger partial charge in [-0.2, -0.15) is 4.80 Å². The molecule has 0 aromatic carbocycles. The molecule has 1 aliphatic carbocycles. The molecule has 2 aromatic rings. The predicted molar refractivity (Wildman–Crippen MR) is 65.5 cm³/mol. The molecule has 2 heterocycles. The van der Waals surface area contributed by atoms with Crippen molar-refractivity contribution in [2.24, 2.45) is 5.92 Å². The van der Waals surface area contributed by atoms with Crippen LogP contribution in [0.1, 0.15) is 18.9 Å². The lowest BCUT2D eigenvalue weighted by Crippen LogP contribution is -2.19. The van der Waals surface area contributed by atoms with Crippen molar-refractivity contribution < 1.29 is 5.11 Å². The Morgan fingerprint density at radius 3 is 3.06 bits per heavy atom. The van der Waals surface area contributed by atoms with Crippen molar-refractivity contribution in [2.75, 3.05) is 12.3 Å². The van der Waals surface area contributed by atoms with Gasteiger partial charge < -0.3 is 10.8 Å². The molecule has 2 atom stereocenters. The normalized spacial score (nSPS) is 23.6. The third-order valence-corrected chi connectivity index (χ3v) is 3.19. The Morgan fingerprint density at radius 1 is 1.39 bits per heavy atom. The van der Waals surface area contributed by atoms with E-state index in [9.17, 15) is 5.11 Å². The molecule has 0 saturated carbocycles. The van der Waals surface area contributed by atoms with Gasteiger partial charge in [-0.15, -0.1) is 10.2 Å². The quantitative estimate of drug-likeness (QED) is 0.739. The second-order valence-electron chi connectivity index (χ2n) is 4.47. The van der Waals surface area contributed by atoms with Crippen LogP contribution >= 0.6 is 0 Å². The van der Waals surface area contributed by atoms with Crippen LogP contribution in [0.15, 0.2) is 18.5 Å². The van der Waals surface area contributed by atoms with Gasteiger partial charge in [-0.05, 0) is 18.8 Å². The van der Waals surface area contributed by atoms with Crippen LogP contribution in [-0.4, -0.2) is 36.7 Å². The summed E-state index contributed by atoms with van der Waals surface area (Å²) in [7, 11) is 0. The Bertz CT molecular complexity index is 592. The lowest BCUT2D eigenvalue weighted by atomic mass is 9.92. The molecule has 7 nitrogen and oxygen atoms in total. The highest BCUT2D eigenvalue weighted by Crippen LogP contribution is 2.26. The smallest absolute Gasteiger partial charge is 0.207 e. The number of hydrogen-bond acceptors (Lipinski definition) is 6. The lowest BCUT2D eigenvalue weighted by Gasteiger charge is -2.22. The first-order chi connectivity index (χ1) is 8.78. The average Bonchev–Trinajstić information content (AvgIpc) is 2.84. The number of fused-ring (bicyclic) bond motifs is 1. The third kappa shape index (κ3) is 1.82. The zero-order valence-electron chi connectivity index (χ0n) is 9.77. The topological polar surface area (TPSA) is 103 Å². The summed E-state index contributed by atoms with van der Waals surface area (Å²) in [6, 6.07) is 0.0458. The first kappa shape index (κ1) is 11.1. The van der Waals surface area contributed by atoms with Crippen LogP contribution < -0.4 is 5.73 Å². The Hall–Kier alpha value is -2.02. The molecule has 0 saturated heterocycles. The van der Waals surface area contributed by atoms with Crippen LogP contribution in [0.3, 0.4) is 0 Å². The van der Waals surface area contributed by atoms with E-state index in [0.29, 0.717) is 17.0 Å². The van der Waals surface area contributed by atoms with Crippen LogP contribution in [0.5, 0.6) is 0 Å². The van der Waals surface area contributed by atoms with Gasteiger partial charge >= 0.3 is 0 Å². The number of hydrogen-bond donors (Lipinski definition) is 2. The van der Waals surface area contributed by atoms with Crippen molar-refractivity contribution in [3.63, 3.8) is 0 Å². The van der Waals surface area contributed by atoms with E-state index in [2.05, 4.69) is 32.3 Å². The minimum atomic E-state index is 0.0458. The maximum atomic E-state index is 9.21. The van der Waals surface area contributed by atoms with E-state index in [-0.39, 0.29) is 18.6 Å². The number of aliphatic hydroxyl groups is 1. The minimum absolute atomic E-state index is 0.0458. The lowest BCUT2D eigenvalue weighted by molar-refractivity contribution is 0.198. The van der Waals surface area contributed by atoms with Crippen LogP contribution in [0.25, 0.3) is 11.2 Å².